The Kier molecular flexibility index (Phi) is 14.0. The Labute approximate surface area is 165 Å². The molecule has 2 N–H and O–H groups in total. The minimum Gasteiger partial charge on any atom is -0.383 e. The van der Waals surface area contributed by atoms with Gasteiger partial charge in [-0.1, -0.05) is 0 Å². The first-order valence-corrected chi connectivity index (χ1v) is 9.03. The maximum Gasteiger partial charge on any atom is 0.191 e. The smallest absolute Gasteiger partial charge is 0.191 e. The van der Waals surface area contributed by atoms with E-state index in [1.807, 2.05) is 0 Å². The molecule has 1 heterocycles. The monoisotopic (exact) mass is 455 g/mol. The first-order valence-electron chi connectivity index (χ1n) is 9.03. The van der Waals surface area contributed by atoms with Gasteiger partial charge in [0.1, 0.15) is 0 Å². The van der Waals surface area contributed by atoms with Crippen LogP contribution in [-0.4, -0.2) is 87.9 Å². The van der Waals surface area contributed by atoms with Crippen LogP contribution in [0.2, 0.25) is 0 Å². The zero-order valence-electron chi connectivity index (χ0n) is 16.2. The summed E-state index contributed by atoms with van der Waals surface area (Å²) in [4.78, 5) is 9.50. The molecule has 0 aromatic carbocycles. The highest BCUT2D eigenvalue weighted by Gasteiger charge is 2.21. The lowest BCUT2D eigenvalue weighted by Gasteiger charge is -2.35. The number of piperidine rings is 1. The van der Waals surface area contributed by atoms with Gasteiger partial charge in [0.2, 0.25) is 0 Å². The first kappa shape index (κ1) is 23.9. The van der Waals surface area contributed by atoms with Gasteiger partial charge in [-0.15, -0.1) is 24.0 Å². The number of nitrogens with zero attached hydrogens (tertiary/aromatic N) is 3. The molecule has 0 aromatic heterocycles. The van der Waals surface area contributed by atoms with Crippen molar-refractivity contribution in [1.29, 1.82) is 0 Å². The van der Waals surface area contributed by atoms with Crippen LogP contribution in [0.4, 0.5) is 0 Å². The molecule has 1 saturated heterocycles. The molecular weight excluding hydrogens is 417 g/mol. The van der Waals surface area contributed by atoms with E-state index < -0.39 is 0 Å². The number of halogens is 1. The largest absolute Gasteiger partial charge is 0.383 e. The Balaban J connectivity index is 0.00000529. The lowest BCUT2D eigenvalue weighted by Crippen LogP contribution is -2.50. The molecule has 1 fully saturated rings. The van der Waals surface area contributed by atoms with Crippen molar-refractivity contribution in [3.05, 3.63) is 0 Å². The number of guanidine groups is 1. The Bertz CT molecular complexity index is 333. The van der Waals surface area contributed by atoms with E-state index in [4.69, 9.17) is 9.73 Å². The molecule has 0 saturated carbocycles. The summed E-state index contributed by atoms with van der Waals surface area (Å²) in [5.41, 5.74) is 0. The van der Waals surface area contributed by atoms with Crippen molar-refractivity contribution in [1.82, 2.24) is 20.4 Å². The van der Waals surface area contributed by atoms with E-state index in [9.17, 15) is 0 Å². The maximum absolute atomic E-state index is 5.10. The lowest BCUT2D eigenvalue weighted by molar-refractivity contribution is 0.162. The fraction of sp³-hybridized carbons (Fsp3) is 0.941. The molecular formula is C17H38IN5O. The van der Waals surface area contributed by atoms with Gasteiger partial charge in [-0.25, -0.2) is 0 Å². The van der Waals surface area contributed by atoms with Crippen LogP contribution in [-0.2, 0) is 4.74 Å². The zero-order chi connectivity index (χ0) is 17.1. The summed E-state index contributed by atoms with van der Waals surface area (Å²) in [5, 5.41) is 6.97. The minimum atomic E-state index is 0. The van der Waals surface area contributed by atoms with Crippen molar-refractivity contribution < 1.29 is 4.74 Å². The average Bonchev–Trinajstić information content (AvgIpc) is 2.53. The van der Waals surface area contributed by atoms with E-state index in [2.05, 4.69) is 48.3 Å². The van der Waals surface area contributed by atoms with Crippen LogP contribution in [0.3, 0.4) is 0 Å². The molecule has 7 heteroatoms. The van der Waals surface area contributed by atoms with E-state index >= 15 is 0 Å². The molecule has 24 heavy (non-hydrogen) atoms. The average molecular weight is 455 g/mol. The van der Waals surface area contributed by atoms with Crippen LogP contribution in [0, 0.1) is 0 Å². The summed E-state index contributed by atoms with van der Waals surface area (Å²) < 4.78 is 5.10. The topological polar surface area (TPSA) is 52.1 Å². The van der Waals surface area contributed by atoms with Crippen molar-refractivity contribution in [3.63, 3.8) is 0 Å². The van der Waals surface area contributed by atoms with Crippen LogP contribution >= 0.6 is 24.0 Å². The predicted molar refractivity (Wildman–Crippen MR) is 114 cm³/mol. The number of nitrogens with one attached hydrogen (secondary N) is 2. The third-order valence-corrected chi connectivity index (χ3v) is 4.37. The molecule has 0 atom stereocenters. The fourth-order valence-corrected chi connectivity index (χ4v) is 2.77. The van der Waals surface area contributed by atoms with Gasteiger partial charge in [0.25, 0.3) is 0 Å². The molecule has 0 spiro atoms. The van der Waals surface area contributed by atoms with E-state index in [0.717, 1.165) is 38.7 Å². The van der Waals surface area contributed by atoms with Gasteiger partial charge in [0, 0.05) is 51.9 Å². The molecule has 0 aromatic rings. The van der Waals surface area contributed by atoms with Gasteiger partial charge in [-0.05, 0) is 40.7 Å². The van der Waals surface area contributed by atoms with Gasteiger partial charge in [-0.2, -0.15) is 0 Å². The molecule has 0 unspecified atom stereocenters. The first-order chi connectivity index (χ1) is 11.1. The maximum atomic E-state index is 5.10. The highest BCUT2D eigenvalue weighted by molar-refractivity contribution is 14.0. The SMILES string of the molecule is CCNC(=NCCN(C)CCOC)NC1CCN(C(C)C)CC1.I. The molecule has 1 aliphatic rings. The summed E-state index contributed by atoms with van der Waals surface area (Å²) >= 11 is 0. The fourth-order valence-electron chi connectivity index (χ4n) is 2.77. The zero-order valence-corrected chi connectivity index (χ0v) is 18.5. The number of likely N-dealkylation sites (N-methyl/N-ethyl adjacent to an activating group) is 1. The quantitative estimate of drug-likeness (QED) is 0.315. The third-order valence-electron chi connectivity index (χ3n) is 4.37. The number of aliphatic imine (C=N–C) groups is 1. The van der Waals surface area contributed by atoms with Gasteiger partial charge in [0.05, 0.1) is 13.2 Å². The highest BCUT2D eigenvalue weighted by Crippen LogP contribution is 2.12. The summed E-state index contributed by atoms with van der Waals surface area (Å²) in [6.45, 7) is 13.4. The summed E-state index contributed by atoms with van der Waals surface area (Å²) in [5.74, 6) is 0.954. The number of ether oxygens (including phenoxy) is 1. The molecule has 1 aliphatic heterocycles. The summed E-state index contributed by atoms with van der Waals surface area (Å²) in [6, 6.07) is 1.19. The Hall–Kier alpha value is -0.120. The number of methoxy groups -OCH3 is 1. The number of hydrogen-bond acceptors (Lipinski definition) is 4. The van der Waals surface area contributed by atoms with Crippen LogP contribution in [0.5, 0.6) is 0 Å². The van der Waals surface area contributed by atoms with Gasteiger partial charge in [-0.3, -0.25) is 4.99 Å². The number of rotatable bonds is 9. The Morgan fingerprint density at radius 1 is 1.29 bits per heavy atom. The van der Waals surface area contributed by atoms with Crippen LogP contribution in [0.15, 0.2) is 4.99 Å². The van der Waals surface area contributed by atoms with Crippen molar-refractivity contribution in [2.24, 2.45) is 4.99 Å². The predicted octanol–water partition coefficient (Wildman–Crippen LogP) is 1.61. The highest BCUT2D eigenvalue weighted by atomic mass is 127. The van der Waals surface area contributed by atoms with Crippen molar-refractivity contribution in [2.45, 2.75) is 45.7 Å². The van der Waals surface area contributed by atoms with Gasteiger partial charge >= 0.3 is 0 Å². The molecule has 0 amide bonds. The van der Waals surface area contributed by atoms with E-state index in [-0.39, 0.29) is 24.0 Å². The van der Waals surface area contributed by atoms with Crippen LogP contribution in [0.25, 0.3) is 0 Å². The lowest BCUT2D eigenvalue weighted by atomic mass is 10.0. The second kappa shape index (κ2) is 14.1. The van der Waals surface area contributed by atoms with Gasteiger partial charge in [0.15, 0.2) is 5.96 Å². The van der Waals surface area contributed by atoms with Crippen LogP contribution < -0.4 is 10.6 Å². The Morgan fingerprint density at radius 2 is 1.96 bits per heavy atom. The molecule has 144 valence electrons. The van der Waals surface area contributed by atoms with Crippen molar-refractivity contribution in [3.8, 4) is 0 Å². The number of likely N-dealkylation sites (tertiary alicyclic amines) is 1. The van der Waals surface area contributed by atoms with Crippen molar-refractivity contribution >= 4 is 29.9 Å². The Morgan fingerprint density at radius 3 is 2.50 bits per heavy atom. The van der Waals surface area contributed by atoms with E-state index in [1.165, 1.54) is 25.9 Å². The standard InChI is InChI=1S/C17H37N5O.HI/c1-6-18-17(19-9-12-21(4)13-14-23-5)20-16-7-10-22(11-8-16)15(2)3;/h15-16H,6-14H2,1-5H3,(H2,18,19,20);1H. The molecule has 6 nitrogen and oxygen atoms in total. The molecule has 0 bridgehead atoms. The molecule has 0 radical (unpaired) electrons. The van der Waals surface area contributed by atoms with E-state index in [1.54, 1.807) is 7.11 Å². The normalized spacial score (nSPS) is 17.2. The van der Waals surface area contributed by atoms with Crippen molar-refractivity contribution in [2.75, 3.05) is 60.0 Å². The van der Waals surface area contributed by atoms with E-state index in [0.29, 0.717) is 12.1 Å². The second-order valence-corrected chi connectivity index (χ2v) is 6.61. The minimum absolute atomic E-state index is 0. The van der Waals surface area contributed by atoms with Crippen LogP contribution in [0.1, 0.15) is 33.6 Å². The van der Waals surface area contributed by atoms with Gasteiger partial charge < -0.3 is 25.2 Å². The molecule has 1 rings (SSSR count). The molecule has 0 aliphatic carbocycles. The number of hydrogen-bond donors (Lipinski definition) is 2. The third kappa shape index (κ3) is 10.0. The second-order valence-electron chi connectivity index (χ2n) is 6.61. The summed E-state index contributed by atoms with van der Waals surface area (Å²) in [7, 11) is 3.85. The summed E-state index contributed by atoms with van der Waals surface area (Å²) in [6.07, 6.45) is 2.38.